The van der Waals surface area contributed by atoms with Crippen molar-refractivity contribution in [3.63, 3.8) is 0 Å². The van der Waals surface area contributed by atoms with Crippen LogP contribution in [0.1, 0.15) is 17.8 Å². The van der Waals surface area contributed by atoms with Crippen LogP contribution in [0.5, 0.6) is 0 Å². The summed E-state index contributed by atoms with van der Waals surface area (Å²) in [6.45, 7) is 7.05. The molecule has 0 bridgehead atoms. The standard InChI is InChI=1S/C19H29N5OS/c1-22-11-13-24(14-12-22)10-6-5-9-20-19(25)23(2)15-18-21-16-7-3-4-8-17(16)26-18/h3-4,7-8H,5-6,9-15H2,1-2H3,(H,20,25). The molecule has 0 aliphatic carbocycles. The number of aromatic nitrogens is 1. The van der Waals surface area contributed by atoms with Crippen LogP contribution in [-0.4, -0.2) is 79.1 Å². The number of benzene rings is 1. The van der Waals surface area contributed by atoms with Gasteiger partial charge >= 0.3 is 6.03 Å². The average molecular weight is 376 g/mol. The smallest absolute Gasteiger partial charge is 0.317 e. The minimum Gasteiger partial charge on any atom is -0.338 e. The van der Waals surface area contributed by atoms with E-state index in [-0.39, 0.29) is 6.03 Å². The summed E-state index contributed by atoms with van der Waals surface area (Å²) in [7, 11) is 4.00. The van der Waals surface area contributed by atoms with Crippen molar-refractivity contribution < 1.29 is 4.79 Å². The molecule has 1 aliphatic rings. The fourth-order valence-corrected chi connectivity index (χ4v) is 4.15. The molecule has 6 nitrogen and oxygen atoms in total. The topological polar surface area (TPSA) is 51.7 Å². The molecule has 1 fully saturated rings. The number of rotatable bonds is 7. The van der Waals surface area contributed by atoms with Crippen molar-refractivity contribution in [2.75, 3.05) is 53.4 Å². The summed E-state index contributed by atoms with van der Waals surface area (Å²) in [5, 5.41) is 3.99. The van der Waals surface area contributed by atoms with Crippen LogP contribution in [0, 0.1) is 0 Å². The van der Waals surface area contributed by atoms with Gasteiger partial charge in [0.05, 0.1) is 16.8 Å². The Kier molecular flexibility index (Phi) is 6.82. The van der Waals surface area contributed by atoms with Crippen molar-refractivity contribution in [1.82, 2.24) is 25.0 Å². The quantitative estimate of drug-likeness (QED) is 0.756. The highest BCUT2D eigenvalue weighted by Gasteiger charge is 2.14. The zero-order valence-electron chi connectivity index (χ0n) is 15.8. The van der Waals surface area contributed by atoms with Crippen molar-refractivity contribution in [3.05, 3.63) is 29.3 Å². The third-order valence-corrected chi connectivity index (χ3v) is 5.85. The largest absolute Gasteiger partial charge is 0.338 e. The second kappa shape index (κ2) is 9.30. The Labute approximate surface area is 159 Å². The van der Waals surface area contributed by atoms with E-state index in [2.05, 4.69) is 33.2 Å². The molecular formula is C19H29N5OS. The molecule has 1 N–H and O–H groups in total. The normalized spacial score (nSPS) is 16.1. The first-order chi connectivity index (χ1) is 12.6. The van der Waals surface area contributed by atoms with Gasteiger partial charge in [-0.3, -0.25) is 0 Å². The zero-order chi connectivity index (χ0) is 18.4. The molecule has 0 unspecified atom stereocenters. The molecular weight excluding hydrogens is 346 g/mol. The lowest BCUT2D eigenvalue weighted by Gasteiger charge is -2.32. The third kappa shape index (κ3) is 5.40. The summed E-state index contributed by atoms with van der Waals surface area (Å²) in [4.78, 5) is 23.4. The molecule has 0 radical (unpaired) electrons. The maximum atomic E-state index is 12.2. The number of unbranched alkanes of at least 4 members (excludes halogenated alkanes) is 1. The fraction of sp³-hybridized carbons (Fsp3) is 0.579. The molecule has 26 heavy (non-hydrogen) atoms. The maximum absolute atomic E-state index is 12.2. The van der Waals surface area contributed by atoms with Gasteiger partial charge in [0.15, 0.2) is 0 Å². The summed E-state index contributed by atoms with van der Waals surface area (Å²) in [5.74, 6) is 0. The van der Waals surface area contributed by atoms with E-state index < -0.39 is 0 Å². The lowest BCUT2D eigenvalue weighted by atomic mass is 10.2. The number of nitrogens with zero attached hydrogens (tertiary/aromatic N) is 4. The summed E-state index contributed by atoms with van der Waals surface area (Å²) < 4.78 is 1.17. The molecule has 0 atom stereocenters. The molecule has 1 aliphatic heterocycles. The van der Waals surface area contributed by atoms with E-state index in [0.717, 1.165) is 62.6 Å². The zero-order valence-corrected chi connectivity index (χ0v) is 16.6. The molecule has 0 spiro atoms. The summed E-state index contributed by atoms with van der Waals surface area (Å²) in [6.07, 6.45) is 2.15. The number of amides is 2. The minimum absolute atomic E-state index is 0.0242. The number of nitrogens with one attached hydrogen (secondary N) is 1. The number of urea groups is 1. The van der Waals surface area contributed by atoms with Crippen molar-refractivity contribution >= 4 is 27.6 Å². The van der Waals surface area contributed by atoms with Crippen LogP contribution in [-0.2, 0) is 6.54 Å². The van der Waals surface area contributed by atoms with Gasteiger partial charge in [-0.2, -0.15) is 0 Å². The van der Waals surface area contributed by atoms with Gasteiger partial charge in [0.1, 0.15) is 5.01 Å². The van der Waals surface area contributed by atoms with E-state index in [1.807, 2.05) is 25.2 Å². The van der Waals surface area contributed by atoms with Crippen molar-refractivity contribution in [2.24, 2.45) is 0 Å². The Balaban J connectivity index is 1.32. The molecule has 1 saturated heterocycles. The number of carbonyl (C=O) groups excluding carboxylic acids is 1. The predicted octanol–water partition coefficient (Wildman–Crippen LogP) is 2.47. The summed E-state index contributed by atoms with van der Waals surface area (Å²) in [5.41, 5.74) is 1.00. The van der Waals surface area contributed by atoms with Crippen LogP contribution in [0.3, 0.4) is 0 Å². The SMILES string of the molecule is CN1CCN(CCCCNC(=O)N(C)Cc2nc3ccccc3s2)CC1. The Morgan fingerprint density at radius 3 is 2.77 bits per heavy atom. The van der Waals surface area contributed by atoms with Gasteiger partial charge in [-0.1, -0.05) is 12.1 Å². The highest BCUT2D eigenvalue weighted by atomic mass is 32.1. The van der Waals surface area contributed by atoms with E-state index in [4.69, 9.17) is 0 Å². The third-order valence-electron chi connectivity index (χ3n) is 4.83. The van der Waals surface area contributed by atoms with E-state index in [9.17, 15) is 4.79 Å². The second-order valence-electron chi connectivity index (χ2n) is 7.02. The fourth-order valence-electron chi connectivity index (χ4n) is 3.12. The van der Waals surface area contributed by atoms with E-state index >= 15 is 0 Å². The number of carbonyl (C=O) groups is 1. The monoisotopic (exact) mass is 375 g/mol. The van der Waals surface area contributed by atoms with Gasteiger partial charge in [0.25, 0.3) is 0 Å². The van der Waals surface area contributed by atoms with Gasteiger partial charge in [-0.05, 0) is 38.6 Å². The number of piperazine rings is 1. The van der Waals surface area contributed by atoms with Crippen molar-refractivity contribution in [2.45, 2.75) is 19.4 Å². The average Bonchev–Trinajstić information content (AvgIpc) is 3.05. The van der Waals surface area contributed by atoms with E-state index in [1.54, 1.807) is 16.2 Å². The first-order valence-electron chi connectivity index (χ1n) is 9.36. The van der Waals surface area contributed by atoms with Gasteiger partial charge in [0.2, 0.25) is 0 Å². The molecule has 2 aromatic rings. The molecule has 142 valence electrons. The van der Waals surface area contributed by atoms with Crippen LogP contribution >= 0.6 is 11.3 Å². The van der Waals surface area contributed by atoms with Gasteiger partial charge in [-0.25, -0.2) is 9.78 Å². The van der Waals surface area contributed by atoms with Gasteiger partial charge in [0, 0.05) is 39.8 Å². The lowest BCUT2D eigenvalue weighted by molar-refractivity contribution is 0.152. The molecule has 7 heteroatoms. The molecule has 0 saturated carbocycles. The van der Waals surface area contributed by atoms with Crippen molar-refractivity contribution in [1.29, 1.82) is 0 Å². The first-order valence-corrected chi connectivity index (χ1v) is 10.2. The molecule has 1 aromatic carbocycles. The molecule has 2 heterocycles. The Morgan fingerprint density at radius 2 is 2.00 bits per heavy atom. The molecule has 2 amide bonds. The van der Waals surface area contributed by atoms with E-state index in [1.165, 1.54) is 4.70 Å². The van der Waals surface area contributed by atoms with Gasteiger partial charge in [-0.15, -0.1) is 11.3 Å². The highest BCUT2D eigenvalue weighted by Crippen LogP contribution is 2.22. The van der Waals surface area contributed by atoms with Gasteiger partial charge < -0.3 is 20.0 Å². The molecule has 1 aromatic heterocycles. The number of likely N-dealkylation sites (N-methyl/N-ethyl adjacent to an activating group) is 1. The number of para-hydroxylation sites is 1. The second-order valence-corrected chi connectivity index (χ2v) is 8.13. The number of hydrogen-bond donors (Lipinski definition) is 1. The van der Waals surface area contributed by atoms with Crippen LogP contribution in [0.4, 0.5) is 4.79 Å². The number of hydrogen-bond acceptors (Lipinski definition) is 5. The number of fused-ring (bicyclic) bond motifs is 1. The van der Waals surface area contributed by atoms with Crippen LogP contribution < -0.4 is 5.32 Å². The Bertz CT molecular complexity index is 678. The highest BCUT2D eigenvalue weighted by molar-refractivity contribution is 7.18. The van der Waals surface area contributed by atoms with E-state index in [0.29, 0.717) is 6.54 Å². The minimum atomic E-state index is -0.0242. The summed E-state index contributed by atoms with van der Waals surface area (Å²) in [6, 6.07) is 8.06. The number of thiazole rings is 1. The molecule has 3 rings (SSSR count). The van der Waals surface area contributed by atoms with Crippen LogP contribution in [0.2, 0.25) is 0 Å². The lowest BCUT2D eigenvalue weighted by Crippen LogP contribution is -2.44. The first kappa shape index (κ1) is 19.1. The summed E-state index contributed by atoms with van der Waals surface area (Å²) >= 11 is 1.65. The van der Waals surface area contributed by atoms with Crippen LogP contribution in [0.25, 0.3) is 10.2 Å². The Hall–Kier alpha value is -1.70. The predicted molar refractivity (Wildman–Crippen MR) is 108 cm³/mol. The maximum Gasteiger partial charge on any atom is 0.317 e. The van der Waals surface area contributed by atoms with Crippen LogP contribution in [0.15, 0.2) is 24.3 Å². The Morgan fingerprint density at radius 1 is 1.23 bits per heavy atom. The van der Waals surface area contributed by atoms with Crippen molar-refractivity contribution in [3.8, 4) is 0 Å².